The molecule has 0 amide bonds. The highest BCUT2D eigenvalue weighted by Gasteiger charge is 2.65. The van der Waals surface area contributed by atoms with Crippen molar-refractivity contribution in [1.29, 1.82) is 0 Å². The Balaban J connectivity index is 2.05. The second kappa shape index (κ2) is 5.28. The van der Waals surface area contributed by atoms with Crippen LogP contribution in [0.4, 0.5) is 0 Å². The third kappa shape index (κ3) is 2.22. The Morgan fingerprint density at radius 3 is 2.58 bits per heavy atom. The molecule has 2 aliphatic carbocycles. The molecule has 0 unspecified atom stereocenters. The van der Waals surface area contributed by atoms with Crippen molar-refractivity contribution in [1.82, 2.24) is 0 Å². The molecule has 2 saturated carbocycles. The van der Waals surface area contributed by atoms with Crippen LogP contribution < -0.4 is 0 Å². The number of rotatable bonds is 1. The van der Waals surface area contributed by atoms with Crippen LogP contribution in [0.15, 0.2) is 11.1 Å². The molecule has 2 fully saturated rings. The maximum absolute atomic E-state index is 11.9. The molecule has 3 N–H and O–H groups in total. The molecule has 7 atom stereocenters. The largest absolute Gasteiger partial charge is 0.462 e. The van der Waals surface area contributed by atoms with E-state index in [4.69, 9.17) is 9.47 Å². The monoisotopic (exact) mass is 340 g/mol. The van der Waals surface area contributed by atoms with Crippen molar-refractivity contribution in [3.63, 3.8) is 0 Å². The number of aliphatic hydroxyl groups excluding tert-OH is 2. The van der Waals surface area contributed by atoms with Crippen LogP contribution in [-0.4, -0.2) is 51.4 Å². The minimum Gasteiger partial charge on any atom is -0.462 e. The van der Waals surface area contributed by atoms with Gasteiger partial charge in [-0.05, 0) is 12.8 Å². The maximum atomic E-state index is 11.9. The van der Waals surface area contributed by atoms with Gasteiger partial charge in [0.25, 0.3) is 0 Å². The quantitative estimate of drug-likeness (QED) is 0.587. The van der Waals surface area contributed by atoms with Crippen LogP contribution >= 0.6 is 0 Å². The third-order valence-electron chi connectivity index (χ3n) is 6.10. The first kappa shape index (κ1) is 17.4. The van der Waals surface area contributed by atoms with Gasteiger partial charge in [-0.2, -0.15) is 0 Å². The molecule has 0 aromatic carbocycles. The van der Waals surface area contributed by atoms with Gasteiger partial charge in [-0.3, -0.25) is 4.79 Å². The molecule has 24 heavy (non-hydrogen) atoms. The van der Waals surface area contributed by atoms with E-state index in [0.29, 0.717) is 0 Å². The predicted molar refractivity (Wildman–Crippen MR) is 81.3 cm³/mol. The zero-order chi connectivity index (χ0) is 18.0. The summed E-state index contributed by atoms with van der Waals surface area (Å²) in [6.07, 6.45) is -2.40. The smallest absolute Gasteiger partial charge is 0.336 e. The van der Waals surface area contributed by atoms with Gasteiger partial charge in [0.1, 0.15) is 6.10 Å². The lowest BCUT2D eigenvalue weighted by molar-refractivity contribution is -0.250. The Morgan fingerprint density at radius 1 is 1.38 bits per heavy atom. The standard InChI is InChI=1S/C17H24O7/c1-7-10(23-9(3)18)5-11(19)16(4)6-17(22)13(14(20)12(7)16)8(2)15(21)24-17/h7,10-12,14,19-20,22H,5-6H2,1-4H3/t7-,10-,11+,12-,14+,16+,17+/m0/s1. The molecule has 1 heterocycles. The number of hydrogen-bond acceptors (Lipinski definition) is 7. The molecule has 0 bridgehead atoms. The fourth-order valence-corrected chi connectivity index (χ4v) is 4.98. The Morgan fingerprint density at radius 2 is 2.00 bits per heavy atom. The van der Waals surface area contributed by atoms with E-state index in [-0.39, 0.29) is 29.9 Å². The van der Waals surface area contributed by atoms with E-state index in [0.717, 1.165) is 0 Å². The molecule has 0 aromatic heterocycles. The number of ether oxygens (including phenoxy) is 2. The van der Waals surface area contributed by atoms with Gasteiger partial charge in [-0.25, -0.2) is 4.79 Å². The summed E-state index contributed by atoms with van der Waals surface area (Å²) in [5.41, 5.74) is -0.514. The van der Waals surface area contributed by atoms with E-state index in [9.17, 15) is 24.9 Å². The number of carbonyl (C=O) groups excluding carboxylic acids is 2. The van der Waals surface area contributed by atoms with Crippen molar-refractivity contribution in [2.24, 2.45) is 17.3 Å². The van der Waals surface area contributed by atoms with Crippen molar-refractivity contribution < 1.29 is 34.4 Å². The van der Waals surface area contributed by atoms with Crippen LogP contribution in [0, 0.1) is 17.3 Å². The zero-order valence-electron chi connectivity index (χ0n) is 14.3. The fourth-order valence-electron chi connectivity index (χ4n) is 4.98. The van der Waals surface area contributed by atoms with E-state index in [1.165, 1.54) is 13.8 Å². The van der Waals surface area contributed by atoms with Gasteiger partial charge in [-0.15, -0.1) is 0 Å². The molecule has 134 valence electrons. The van der Waals surface area contributed by atoms with Gasteiger partial charge in [0.2, 0.25) is 5.79 Å². The predicted octanol–water partition coefficient (Wildman–Crippen LogP) is 0.268. The lowest BCUT2D eigenvalue weighted by atomic mass is 9.51. The maximum Gasteiger partial charge on any atom is 0.336 e. The van der Waals surface area contributed by atoms with Gasteiger partial charge in [-0.1, -0.05) is 13.8 Å². The van der Waals surface area contributed by atoms with Crippen LogP contribution in [-0.2, 0) is 19.1 Å². The molecule has 0 radical (unpaired) electrons. The Labute approximate surface area is 140 Å². The van der Waals surface area contributed by atoms with Crippen LogP contribution in [0.3, 0.4) is 0 Å². The molecule has 1 aliphatic heterocycles. The number of hydrogen-bond donors (Lipinski definition) is 3. The highest BCUT2D eigenvalue weighted by atomic mass is 16.7. The number of esters is 2. The molecule has 3 rings (SSSR count). The first-order valence-corrected chi connectivity index (χ1v) is 8.21. The van der Waals surface area contributed by atoms with E-state index < -0.39 is 47.4 Å². The summed E-state index contributed by atoms with van der Waals surface area (Å²) in [6.45, 7) is 6.43. The summed E-state index contributed by atoms with van der Waals surface area (Å²) in [5.74, 6) is -3.73. The number of aliphatic hydroxyl groups is 3. The van der Waals surface area contributed by atoms with Crippen LogP contribution in [0.25, 0.3) is 0 Å². The van der Waals surface area contributed by atoms with Gasteiger partial charge in [0.15, 0.2) is 0 Å². The van der Waals surface area contributed by atoms with Crippen LogP contribution in [0.2, 0.25) is 0 Å². The summed E-state index contributed by atoms with van der Waals surface area (Å²) >= 11 is 0. The van der Waals surface area contributed by atoms with Crippen molar-refractivity contribution in [3.05, 3.63) is 11.1 Å². The Kier molecular flexibility index (Phi) is 3.82. The van der Waals surface area contributed by atoms with E-state index in [1.54, 1.807) is 6.92 Å². The summed E-state index contributed by atoms with van der Waals surface area (Å²) in [6, 6.07) is 0. The fraction of sp³-hybridized carbons (Fsp3) is 0.765. The summed E-state index contributed by atoms with van der Waals surface area (Å²) in [4.78, 5) is 23.2. The van der Waals surface area contributed by atoms with Gasteiger partial charge >= 0.3 is 11.9 Å². The lowest BCUT2D eigenvalue weighted by Gasteiger charge is -2.57. The molecule has 7 heteroatoms. The first-order valence-electron chi connectivity index (χ1n) is 8.21. The second-order valence-corrected chi connectivity index (χ2v) is 7.62. The SMILES string of the molecule is CC(=O)O[C@H]1C[C@@H](O)[C@@]2(C)C[C@@]3(O)OC(=O)C(C)=C3[C@H](O)[C@@H]2[C@H]1C. The molecule has 0 aromatic rings. The van der Waals surface area contributed by atoms with Crippen molar-refractivity contribution in [3.8, 4) is 0 Å². The van der Waals surface area contributed by atoms with Gasteiger partial charge in [0.05, 0.1) is 12.2 Å². The first-order chi connectivity index (χ1) is 11.0. The molecular formula is C17H24O7. The molecular weight excluding hydrogens is 316 g/mol. The van der Waals surface area contributed by atoms with Crippen molar-refractivity contribution in [2.75, 3.05) is 0 Å². The van der Waals surface area contributed by atoms with Gasteiger partial charge in [0, 0.05) is 42.2 Å². The molecule has 3 aliphatic rings. The van der Waals surface area contributed by atoms with Crippen LogP contribution in [0.5, 0.6) is 0 Å². The number of carbonyl (C=O) groups is 2. The lowest BCUT2D eigenvalue weighted by Crippen LogP contribution is -2.64. The van der Waals surface area contributed by atoms with Crippen LogP contribution in [0.1, 0.15) is 40.5 Å². The molecule has 7 nitrogen and oxygen atoms in total. The topological polar surface area (TPSA) is 113 Å². The van der Waals surface area contributed by atoms with E-state index in [2.05, 4.69) is 0 Å². The summed E-state index contributed by atoms with van der Waals surface area (Å²) in [5, 5.41) is 32.4. The third-order valence-corrected chi connectivity index (χ3v) is 6.10. The summed E-state index contributed by atoms with van der Waals surface area (Å²) < 4.78 is 10.4. The second-order valence-electron chi connectivity index (χ2n) is 7.62. The zero-order valence-corrected chi connectivity index (χ0v) is 14.3. The minimum atomic E-state index is -1.89. The minimum absolute atomic E-state index is 0.00155. The average Bonchev–Trinajstić information content (AvgIpc) is 2.65. The van der Waals surface area contributed by atoms with Gasteiger partial charge < -0.3 is 24.8 Å². The average molecular weight is 340 g/mol. The molecule has 0 spiro atoms. The highest BCUT2D eigenvalue weighted by Crippen LogP contribution is 2.59. The highest BCUT2D eigenvalue weighted by molar-refractivity contribution is 5.92. The Bertz CT molecular complexity index is 626. The van der Waals surface area contributed by atoms with E-state index >= 15 is 0 Å². The van der Waals surface area contributed by atoms with Crippen molar-refractivity contribution in [2.45, 2.75) is 64.6 Å². The summed E-state index contributed by atoms with van der Waals surface area (Å²) in [7, 11) is 0. The van der Waals surface area contributed by atoms with Crippen molar-refractivity contribution >= 4 is 11.9 Å². The Hall–Kier alpha value is -1.44. The normalized spacial score (nSPS) is 47.8. The molecule has 0 saturated heterocycles. The number of fused-ring (bicyclic) bond motifs is 2. The van der Waals surface area contributed by atoms with E-state index in [1.807, 2.05) is 6.92 Å².